The minimum Gasteiger partial charge on any atom is -0.334 e. The normalized spacial score (nSPS) is 16.2. The van der Waals surface area contributed by atoms with Gasteiger partial charge in [-0.3, -0.25) is 4.90 Å². The first kappa shape index (κ1) is 20.0. The molecule has 1 aliphatic heterocycles. The van der Waals surface area contributed by atoms with Gasteiger partial charge in [0.15, 0.2) is 0 Å². The largest absolute Gasteiger partial charge is 0.334 e. The molecular weight excluding hydrogens is 424 g/mol. The van der Waals surface area contributed by atoms with Crippen molar-refractivity contribution < 1.29 is 9.32 Å². The summed E-state index contributed by atoms with van der Waals surface area (Å²) in [6.45, 7) is 1.89. The monoisotopic (exact) mass is 442 g/mol. The molecule has 1 N–H and O–H groups in total. The Morgan fingerprint density at radius 1 is 0.938 bits per heavy atom. The summed E-state index contributed by atoms with van der Waals surface area (Å²) in [4.78, 5) is 19.4. The molecule has 0 radical (unpaired) electrons. The lowest BCUT2D eigenvalue weighted by Gasteiger charge is -2.35. The second-order valence-corrected chi connectivity index (χ2v) is 7.83. The number of aromatic nitrogens is 2. The highest BCUT2D eigenvalue weighted by atomic mass is 35.5. The van der Waals surface area contributed by atoms with Gasteiger partial charge in [0.25, 0.3) is 5.89 Å². The Kier molecular flexibility index (Phi) is 5.21. The van der Waals surface area contributed by atoms with E-state index in [1.807, 2.05) is 79.7 Å². The molecule has 0 aliphatic carbocycles. The summed E-state index contributed by atoms with van der Waals surface area (Å²) < 4.78 is 5.70. The van der Waals surface area contributed by atoms with Crippen LogP contribution in [0.2, 0.25) is 5.02 Å². The molecule has 6 nitrogen and oxygen atoms in total. The molecule has 32 heavy (non-hydrogen) atoms. The molecule has 158 valence electrons. The number of benzene rings is 3. The predicted octanol–water partition coefficient (Wildman–Crippen LogP) is 6.09. The summed E-state index contributed by atoms with van der Waals surface area (Å²) in [7, 11) is 0. The molecule has 0 saturated heterocycles. The van der Waals surface area contributed by atoms with E-state index in [1.54, 1.807) is 17.0 Å². The number of rotatable bonds is 4. The highest BCUT2D eigenvalue weighted by Gasteiger charge is 2.36. The number of amides is 2. The molecule has 2 heterocycles. The SMILES string of the molecule is CC1=C(c2nc(-c3ccccc3)no2)C(c2ccc(Cl)cc2)NC(=O)N1c1ccccc1. The lowest BCUT2D eigenvalue weighted by Crippen LogP contribution is -2.46. The minimum absolute atomic E-state index is 0.236. The van der Waals surface area contributed by atoms with Gasteiger partial charge in [-0.15, -0.1) is 0 Å². The van der Waals surface area contributed by atoms with Crippen molar-refractivity contribution in [3.63, 3.8) is 0 Å². The Labute approximate surface area is 190 Å². The number of halogens is 1. The summed E-state index contributed by atoms with van der Waals surface area (Å²) in [5.74, 6) is 0.834. The fraction of sp³-hybridized carbons (Fsp3) is 0.0800. The van der Waals surface area contributed by atoms with Crippen molar-refractivity contribution in [1.82, 2.24) is 15.5 Å². The van der Waals surface area contributed by atoms with E-state index in [-0.39, 0.29) is 6.03 Å². The molecule has 7 heteroatoms. The standard InChI is InChI=1S/C25H19ClN4O2/c1-16-21(24-28-23(29-32-24)18-8-4-2-5-9-18)22(17-12-14-19(26)15-13-17)27-25(31)30(16)20-10-6-3-7-11-20/h2-15,22H,1H3,(H,27,31). The molecule has 0 spiro atoms. The fourth-order valence-electron chi connectivity index (χ4n) is 3.85. The zero-order valence-electron chi connectivity index (χ0n) is 17.2. The number of hydrogen-bond acceptors (Lipinski definition) is 4. The van der Waals surface area contributed by atoms with Gasteiger partial charge in [0, 0.05) is 16.3 Å². The molecule has 1 atom stereocenters. The zero-order chi connectivity index (χ0) is 22.1. The number of urea groups is 1. The van der Waals surface area contributed by atoms with Crippen LogP contribution in [0.3, 0.4) is 0 Å². The third kappa shape index (κ3) is 3.65. The Balaban J connectivity index is 1.66. The highest BCUT2D eigenvalue weighted by molar-refractivity contribution is 6.30. The van der Waals surface area contributed by atoms with Gasteiger partial charge in [-0.25, -0.2) is 4.79 Å². The summed E-state index contributed by atoms with van der Waals surface area (Å²) in [6, 6.07) is 25.7. The molecule has 0 saturated carbocycles. The smallest absolute Gasteiger partial charge is 0.326 e. The topological polar surface area (TPSA) is 71.3 Å². The Bertz CT molecular complexity index is 1280. The van der Waals surface area contributed by atoms with Crippen molar-refractivity contribution in [2.75, 3.05) is 4.90 Å². The second-order valence-electron chi connectivity index (χ2n) is 7.39. The molecular formula is C25H19ClN4O2. The van der Waals surface area contributed by atoms with Crippen LogP contribution in [-0.4, -0.2) is 16.2 Å². The van der Waals surface area contributed by atoms with E-state index in [2.05, 4.69) is 15.5 Å². The van der Waals surface area contributed by atoms with Crippen molar-refractivity contribution in [2.45, 2.75) is 13.0 Å². The van der Waals surface area contributed by atoms with E-state index in [1.165, 1.54) is 0 Å². The molecule has 5 rings (SSSR count). The van der Waals surface area contributed by atoms with E-state index < -0.39 is 6.04 Å². The van der Waals surface area contributed by atoms with Crippen LogP contribution in [-0.2, 0) is 0 Å². The molecule has 3 aromatic carbocycles. The van der Waals surface area contributed by atoms with Crippen LogP contribution in [0.25, 0.3) is 17.0 Å². The molecule has 1 aromatic heterocycles. The third-order valence-corrected chi connectivity index (χ3v) is 5.64. The first-order valence-electron chi connectivity index (χ1n) is 10.1. The van der Waals surface area contributed by atoms with Crippen molar-refractivity contribution >= 4 is 28.9 Å². The molecule has 1 unspecified atom stereocenters. The number of nitrogens with one attached hydrogen (secondary N) is 1. The fourth-order valence-corrected chi connectivity index (χ4v) is 3.98. The van der Waals surface area contributed by atoms with E-state index in [4.69, 9.17) is 16.1 Å². The molecule has 4 aromatic rings. The first-order valence-corrected chi connectivity index (χ1v) is 10.5. The van der Waals surface area contributed by atoms with Crippen LogP contribution in [0.1, 0.15) is 24.4 Å². The van der Waals surface area contributed by atoms with Crippen LogP contribution >= 0.6 is 11.6 Å². The van der Waals surface area contributed by atoms with Crippen LogP contribution in [0.15, 0.2) is 95.1 Å². The quantitative estimate of drug-likeness (QED) is 0.415. The van der Waals surface area contributed by atoms with Crippen LogP contribution in [0.5, 0.6) is 0 Å². The number of allylic oxidation sites excluding steroid dienone is 1. The van der Waals surface area contributed by atoms with E-state index in [0.717, 1.165) is 22.4 Å². The second kappa shape index (κ2) is 8.32. The summed E-state index contributed by atoms with van der Waals surface area (Å²) in [5, 5.41) is 7.89. The Morgan fingerprint density at radius 2 is 1.59 bits per heavy atom. The Hall–Kier alpha value is -3.90. The van der Waals surface area contributed by atoms with Gasteiger partial charge in [0.1, 0.15) is 0 Å². The first-order chi connectivity index (χ1) is 15.6. The van der Waals surface area contributed by atoms with E-state index in [0.29, 0.717) is 22.4 Å². The maximum Gasteiger partial charge on any atom is 0.326 e. The third-order valence-electron chi connectivity index (χ3n) is 5.39. The van der Waals surface area contributed by atoms with E-state index in [9.17, 15) is 4.79 Å². The van der Waals surface area contributed by atoms with Crippen molar-refractivity contribution in [1.29, 1.82) is 0 Å². The number of carbonyl (C=O) groups is 1. The lowest BCUT2D eigenvalue weighted by molar-refractivity contribution is 0.244. The average Bonchev–Trinajstić information content (AvgIpc) is 3.30. The summed E-state index contributed by atoms with van der Waals surface area (Å²) in [6.07, 6.45) is 0. The van der Waals surface area contributed by atoms with Gasteiger partial charge in [-0.2, -0.15) is 4.98 Å². The van der Waals surface area contributed by atoms with Crippen LogP contribution in [0, 0.1) is 0 Å². The summed E-state index contributed by atoms with van der Waals surface area (Å²) in [5.41, 5.74) is 3.90. The maximum atomic E-state index is 13.1. The van der Waals surface area contributed by atoms with Crippen molar-refractivity contribution in [3.05, 3.63) is 107 Å². The maximum absolute atomic E-state index is 13.1. The lowest BCUT2D eigenvalue weighted by atomic mass is 9.94. The number of hydrogen-bond donors (Lipinski definition) is 1. The van der Waals surface area contributed by atoms with Crippen molar-refractivity contribution in [3.8, 4) is 11.4 Å². The Morgan fingerprint density at radius 3 is 2.28 bits per heavy atom. The number of nitrogens with zero attached hydrogens (tertiary/aromatic N) is 3. The van der Waals surface area contributed by atoms with Gasteiger partial charge >= 0.3 is 6.03 Å². The van der Waals surface area contributed by atoms with Gasteiger partial charge in [0.05, 0.1) is 17.3 Å². The van der Waals surface area contributed by atoms with Crippen LogP contribution < -0.4 is 10.2 Å². The van der Waals surface area contributed by atoms with Gasteiger partial charge < -0.3 is 9.84 Å². The van der Waals surface area contributed by atoms with Gasteiger partial charge in [-0.1, -0.05) is 77.4 Å². The summed E-state index contributed by atoms with van der Waals surface area (Å²) >= 11 is 6.09. The molecule has 1 aliphatic rings. The average molecular weight is 443 g/mol. The predicted molar refractivity (Wildman–Crippen MR) is 124 cm³/mol. The van der Waals surface area contributed by atoms with Gasteiger partial charge in [0.2, 0.25) is 5.82 Å². The molecule has 2 amide bonds. The number of carbonyl (C=O) groups excluding carboxylic acids is 1. The molecule has 0 bridgehead atoms. The number of anilines is 1. The van der Waals surface area contributed by atoms with Crippen LogP contribution in [0.4, 0.5) is 10.5 Å². The number of para-hydroxylation sites is 1. The minimum atomic E-state index is -0.469. The molecule has 0 fully saturated rings. The van der Waals surface area contributed by atoms with Crippen molar-refractivity contribution in [2.24, 2.45) is 0 Å². The highest BCUT2D eigenvalue weighted by Crippen LogP contribution is 2.39. The van der Waals surface area contributed by atoms with Gasteiger partial charge in [-0.05, 0) is 36.8 Å². The van der Waals surface area contributed by atoms with E-state index >= 15 is 0 Å². The zero-order valence-corrected chi connectivity index (χ0v) is 18.0.